The van der Waals surface area contributed by atoms with Crippen molar-refractivity contribution in [3.63, 3.8) is 0 Å². The van der Waals surface area contributed by atoms with Crippen LogP contribution in [0.3, 0.4) is 0 Å². The number of hydrogen-bond acceptors (Lipinski definition) is 4. The topological polar surface area (TPSA) is 113 Å². The van der Waals surface area contributed by atoms with Gasteiger partial charge in [-0.2, -0.15) is 5.10 Å². The summed E-state index contributed by atoms with van der Waals surface area (Å²) in [6, 6.07) is 0.148. The monoisotopic (exact) mass is 386 g/mol. The number of anilines is 1. The lowest BCUT2D eigenvalue weighted by Crippen LogP contribution is -2.37. The first-order chi connectivity index (χ1) is 13.5. The van der Waals surface area contributed by atoms with Crippen molar-refractivity contribution >= 4 is 23.5 Å². The largest absolute Gasteiger partial charge is 0.481 e. The molecule has 8 heteroatoms. The Balaban J connectivity index is 1.53. The summed E-state index contributed by atoms with van der Waals surface area (Å²) >= 11 is 0. The van der Waals surface area contributed by atoms with Crippen molar-refractivity contribution in [1.29, 1.82) is 0 Å². The Kier molecular flexibility index (Phi) is 4.95. The Morgan fingerprint density at radius 2 is 1.86 bits per heavy atom. The second-order valence-corrected chi connectivity index (χ2v) is 8.03. The maximum Gasteiger partial charge on any atom is 0.307 e. The van der Waals surface area contributed by atoms with Crippen molar-refractivity contribution in [3.05, 3.63) is 24.0 Å². The molecule has 4 rings (SSSR count). The van der Waals surface area contributed by atoms with Crippen molar-refractivity contribution in [2.45, 2.75) is 51.6 Å². The Morgan fingerprint density at radius 1 is 1.18 bits per heavy atom. The predicted molar refractivity (Wildman–Crippen MR) is 102 cm³/mol. The van der Waals surface area contributed by atoms with Crippen LogP contribution in [0.25, 0.3) is 0 Å². The zero-order valence-corrected chi connectivity index (χ0v) is 15.9. The van der Waals surface area contributed by atoms with Crippen LogP contribution in [0.2, 0.25) is 0 Å². The fraction of sp³-hybridized carbons (Fsp3) is 0.600. The van der Waals surface area contributed by atoms with Crippen LogP contribution < -0.4 is 10.6 Å². The van der Waals surface area contributed by atoms with Gasteiger partial charge in [0.25, 0.3) is 5.91 Å². The van der Waals surface area contributed by atoms with Gasteiger partial charge in [-0.05, 0) is 38.0 Å². The summed E-state index contributed by atoms with van der Waals surface area (Å²) in [7, 11) is 0. The number of carboxylic acids is 1. The number of aromatic nitrogens is 2. The molecule has 2 bridgehead atoms. The molecule has 0 spiro atoms. The molecule has 0 saturated heterocycles. The highest BCUT2D eigenvalue weighted by atomic mass is 16.4. The molecule has 3 N–H and O–H groups in total. The first kappa shape index (κ1) is 18.7. The SMILES string of the molecule is CCn1cc(NC(=O)[C@H]2[C@H](C(=O)O)[C@H]3C=C[C@H]2C3)c(C(=O)NC2CCCC2)n1. The summed E-state index contributed by atoms with van der Waals surface area (Å²) in [5, 5.41) is 19.7. The molecule has 2 fully saturated rings. The van der Waals surface area contributed by atoms with Crippen LogP contribution in [0.4, 0.5) is 5.69 Å². The number of carboxylic acid groups (broad SMARTS) is 1. The van der Waals surface area contributed by atoms with Crippen LogP contribution in [-0.2, 0) is 16.1 Å². The minimum Gasteiger partial charge on any atom is -0.481 e. The van der Waals surface area contributed by atoms with E-state index in [9.17, 15) is 19.5 Å². The molecule has 0 aliphatic heterocycles. The van der Waals surface area contributed by atoms with E-state index in [0.29, 0.717) is 18.7 Å². The maximum atomic E-state index is 13.0. The van der Waals surface area contributed by atoms with E-state index >= 15 is 0 Å². The fourth-order valence-corrected chi connectivity index (χ4v) is 4.90. The Labute approximate surface area is 163 Å². The number of amides is 2. The zero-order valence-electron chi connectivity index (χ0n) is 15.9. The third kappa shape index (κ3) is 3.31. The number of fused-ring (bicyclic) bond motifs is 2. The second-order valence-electron chi connectivity index (χ2n) is 8.03. The molecule has 3 aliphatic rings. The molecule has 0 aromatic carbocycles. The summed E-state index contributed by atoms with van der Waals surface area (Å²) in [5.41, 5.74) is 0.533. The van der Waals surface area contributed by atoms with Gasteiger partial charge in [0, 0.05) is 18.8 Å². The molecule has 1 aromatic heterocycles. The van der Waals surface area contributed by atoms with E-state index in [1.165, 1.54) is 0 Å². The van der Waals surface area contributed by atoms with Gasteiger partial charge in [0.05, 0.1) is 17.5 Å². The number of nitrogens with zero attached hydrogens (tertiary/aromatic N) is 2. The third-order valence-electron chi connectivity index (χ3n) is 6.30. The molecule has 150 valence electrons. The highest BCUT2D eigenvalue weighted by molar-refractivity contribution is 6.03. The van der Waals surface area contributed by atoms with Crippen LogP contribution in [0.15, 0.2) is 18.3 Å². The average molecular weight is 386 g/mol. The van der Waals surface area contributed by atoms with Gasteiger partial charge in [-0.25, -0.2) is 0 Å². The second kappa shape index (κ2) is 7.41. The van der Waals surface area contributed by atoms with Gasteiger partial charge in [-0.1, -0.05) is 25.0 Å². The highest BCUT2D eigenvalue weighted by Crippen LogP contribution is 2.48. The van der Waals surface area contributed by atoms with E-state index in [1.807, 2.05) is 19.1 Å². The Morgan fingerprint density at radius 3 is 2.50 bits per heavy atom. The summed E-state index contributed by atoms with van der Waals surface area (Å²) in [6.45, 7) is 2.46. The van der Waals surface area contributed by atoms with Gasteiger partial charge in [-0.3, -0.25) is 19.1 Å². The van der Waals surface area contributed by atoms with E-state index in [1.54, 1.807) is 10.9 Å². The summed E-state index contributed by atoms with van der Waals surface area (Å²) in [5.74, 6) is -3.09. The minimum atomic E-state index is -0.944. The Bertz CT molecular complexity index is 824. The van der Waals surface area contributed by atoms with Crippen molar-refractivity contribution in [2.24, 2.45) is 23.7 Å². The molecule has 0 unspecified atom stereocenters. The van der Waals surface area contributed by atoms with E-state index < -0.39 is 17.8 Å². The lowest BCUT2D eigenvalue weighted by atomic mass is 9.82. The van der Waals surface area contributed by atoms with Gasteiger partial charge >= 0.3 is 5.97 Å². The normalized spacial score (nSPS) is 28.6. The molecule has 1 aromatic rings. The number of allylic oxidation sites excluding steroid dienone is 2. The third-order valence-corrected chi connectivity index (χ3v) is 6.30. The fourth-order valence-electron chi connectivity index (χ4n) is 4.90. The average Bonchev–Trinajstić information content (AvgIpc) is 3.44. The van der Waals surface area contributed by atoms with Gasteiger partial charge in [0.2, 0.25) is 5.91 Å². The molecule has 28 heavy (non-hydrogen) atoms. The summed E-state index contributed by atoms with van der Waals surface area (Å²) in [4.78, 5) is 37.4. The first-order valence-corrected chi connectivity index (χ1v) is 10.1. The molecule has 8 nitrogen and oxygen atoms in total. The molecular weight excluding hydrogens is 360 g/mol. The van der Waals surface area contributed by atoms with Crippen molar-refractivity contribution in [2.75, 3.05) is 5.32 Å². The molecule has 1 heterocycles. The number of aliphatic carboxylic acids is 1. The van der Waals surface area contributed by atoms with Crippen LogP contribution in [0.5, 0.6) is 0 Å². The van der Waals surface area contributed by atoms with Gasteiger partial charge in [0.1, 0.15) is 0 Å². The van der Waals surface area contributed by atoms with Crippen LogP contribution in [-0.4, -0.2) is 38.7 Å². The van der Waals surface area contributed by atoms with Crippen molar-refractivity contribution in [1.82, 2.24) is 15.1 Å². The van der Waals surface area contributed by atoms with Crippen molar-refractivity contribution < 1.29 is 19.5 Å². The van der Waals surface area contributed by atoms with Crippen LogP contribution >= 0.6 is 0 Å². The van der Waals surface area contributed by atoms with E-state index in [0.717, 1.165) is 25.7 Å². The number of rotatable bonds is 6. The van der Waals surface area contributed by atoms with Gasteiger partial charge in [0.15, 0.2) is 5.69 Å². The Hall–Kier alpha value is -2.64. The van der Waals surface area contributed by atoms with Gasteiger partial charge in [-0.15, -0.1) is 0 Å². The minimum absolute atomic E-state index is 0.0666. The lowest BCUT2D eigenvalue weighted by Gasteiger charge is -2.23. The van der Waals surface area contributed by atoms with E-state index in [4.69, 9.17) is 0 Å². The zero-order chi connectivity index (χ0) is 19.8. The molecule has 3 aliphatic carbocycles. The lowest BCUT2D eigenvalue weighted by molar-refractivity contribution is -0.146. The van der Waals surface area contributed by atoms with Crippen LogP contribution in [0, 0.1) is 23.7 Å². The number of nitrogens with one attached hydrogen (secondary N) is 2. The molecule has 2 amide bonds. The highest BCUT2D eigenvalue weighted by Gasteiger charge is 2.51. The molecular formula is C20H26N4O4. The smallest absolute Gasteiger partial charge is 0.307 e. The predicted octanol–water partition coefficient (Wildman–Crippen LogP) is 2.04. The van der Waals surface area contributed by atoms with E-state index in [-0.39, 0.29) is 35.4 Å². The standard InChI is InChI=1S/C20H26N4O4/c1-2-24-10-14(17(23-24)19(26)21-13-5-3-4-6-13)22-18(25)15-11-7-8-12(9-11)16(15)20(27)28/h7-8,10-13,15-16H,2-6,9H2,1H3,(H,21,26)(H,22,25)(H,27,28)/t11-,12-,15+,16+/m0/s1. The quantitative estimate of drug-likeness (QED) is 0.648. The summed E-state index contributed by atoms with van der Waals surface area (Å²) < 4.78 is 1.61. The van der Waals surface area contributed by atoms with Crippen LogP contribution in [0.1, 0.15) is 49.5 Å². The number of carbonyl (C=O) groups excluding carboxylic acids is 2. The molecule has 0 radical (unpaired) electrons. The van der Waals surface area contributed by atoms with Crippen molar-refractivity contribution in [3.8, 4) is 0 Å². The molecule has 4 atom stereocenters. The number of aryl methyl sites for hydroxylation is 1. The molecule has 2 saturated carbocycles. The number of hydrogen-bond donors (Lipinski definition) is 3. The number of carbonyl (C=O) groups is 3. The van der Waals surface area contributed by atoms with E-state index in [2.05, 4.69) is 15.7 Å². The summed E-state index contributed by atoms with van der Waals surface area (Å²) in [6.07, 6.45) is 10.3. The maximum absolute atomic E-state index is 13.0. The first-order valence-electron chi connectivity index (χ1n) is 10.1. The van der Waals surface area contributed by atoms with Gasteiger partial charge < -0.3 is 15.7 Å².